The molecule has 0 aliphatic carbocycles. The van der Waals surface area contributed by atoms with Crippen LogP contribution in [0.3, 0.4) is 0 Å². The summed E-state index contributed by atoms with van der Waals surface area (Å²) in [7, 11) is 0. The van der Waals surface area contributed by atoms with Gasteiger partial charge in [0.2, 0.25) is 0 Å². The van der Waals surface area contributed by atoms with Crippen molar-refractivity contribution in [2.24, 2.45) is 5.73 Å². The van der Waals surface area contributed by atoms with Gasteiger partial charge in [0.25, 0.3) is 0 Å². The molecule has 1 rings (SSSR count). The minimum Gasteiger partial charge on any atom is -0.480 e. The molecule has 106 valence electrons. The van der Waals surface area contributed by atoms with E-state index in [0.29, 0.717) is 0 Å². The van der Waals surface area contributed by atoms with Gasteiger partial charge < -0.3 is 10.8 Å². The molecule has 0 aromatic heterocycles. The first-order valence-electron chi connectivity index (χ1n) is 6.63. The van der Waals surface area contributed by atoms with Crippen LogP contribution in [-0.4, -0.2) is 21.9 Å². The lowest BCUT2D eigenvalue weighted by Gasteiger charge is -2.34. The summed E-state index contributed by atoms with van der Waals surface area (Å²) in [5.41, 5.74) is 8.32. The number of rotatable bonds is 7. The average Bonchev–Trinajstić information content (AvgIpc) is 2.42. The summed E-state index contributed by atoms with van der Waals surface area (Å²) in [6.07, 6.45) is 1.51. The lowest BCUT2D eigenvalue weighted by molar-refractivity contribution is -0.139. The zero-order valence-corrected chi connectivity index (χ0v) is 12.7. The molecule has 0 aliphatic heterocycles. The van der Waals surface area contributed by atoms with Crippen molar-refractivity contribution >= 4 is 17.7 Å². The highest BCUT2D eigenvalue weighted by atomic mass is 32.2. The van der Waals surface area contributed by atoms with Crippen LogP contribution in [0.25, 0.3) is 0 Å². The van der Waals surface area contributed by atoms with E-state index < -0.39 is 16.8 Å². The number of benzene rings is 1. The standard InChI is InChI=1S/C15H23NO2S/c1-4-15(5-2,13(16)14(17)18)19-10-12-8-6-11(3)7-9-12/h6-9,13H,4-5,10,16H2,1-3H3,(H,17,18). The van der Waals surface area contributed by atoms with Crippen LogP contribution in [-0.2, 0) is 10.5 Å². The number of carboxylic acid groups (broad SMARTS) is 1. The molecule has 4 heteroatoms. The van der Waals surface area contributed by atoms with Gasteiger partial charge in [0.15, 0.2) is 0 Å². The number of aryl methyl sites for hydroxylation is 1. The molecule has 0 aliphatic rings. The Bertz CT molecular complexity index is 413. The summed E-state index contributed by atoms with van der Waals surface area (Å²) >= 11 is 1.66. The number of carbonyl (C=O) groups is 1. The topological polar surface area (TPSA) is 63.3 Å². The molecule has 0 bridgehead atoms. The van der Waals surface area contributed by atoms with Gasteiger partial charge in [-0.05, 0) is 25.3 Å². The first-order chi connectivity index (χ1) is 8.95. The maximum atomic E-state index is 11.2. The molecule has 19 heavy (non-hydrogen) atoms. The van der Waals surface area contributed by atoms with Gasteiger partial charge in [-0.1, -0.05) is 43.7 Å². The van der Waals surface area contributed by atoms with Crippen molar-refractivity contribution in [3.63, 3.8) is 0 Å². The summed E-state index contributed by atoms with van der Waals surface area (Å²) in [5.74, 6) is -0.122. The van der Waals surface area contributed by atoms with E-state index >= 15 is 0 Å². The van der Waals surface area contributed by atoms with E-state index in [0.717, 1.165) is 18.6 Å². The molecule has 0 fully saturated rings. The second-order valence-corrected chi connectivity index (χ2v) is 6.25. The van der Waals surface area contributed by atoms with Crippen molar-refractivity contribution < 1.29 is 9.90 Å². The van der Waals surface area contributed by atoms with E-state index in [4.69, 9.17) is 5.73 Å². The van der Waals surface area contributed by atoms with Crippen LogP contribution in [0, 0.1) is 6.92 Å². The van der Waals surface area contributed by atoms with Crippen molar-refractivity contribution in [3.8, 4) is 0 Å². The SMILES string of the molecule is CCC(CC)(SCc1ccc(C)cc1)C(N)C(=O)O. The molecular weight excluding hydrogens is 258 g/mol. The number of aliphatic carboxylic acids is 1. The van der Waals surface area contributed by atoms with Crippen LogP contribution in [0.15, 0.2) is 24.3 Å². The Morgan fingerprint density at radius 1 is 1.32 bits per heavy atom. The van der Waals surface area contributed by atoms with Crippen LogP contribution in [0.4, 0.5) is 0 Å². The predicted octanol–water partition coefficient (Wildman–Crippen LogP) is 3.20. The molecule has 0 saturated heterocycles. The van der Waals surface area contributed by atoms with Crippen LogP contribution >= 0.6 is 11.8 Å². The lowest BCUT2D eigenvalue weighted by atomic mass is 9.93. The molecule has 0 radical (unpaired) electrons. The third-order valence-corrected chi connectivity index (χ3v) is 5.56. The van der Waals surface area contributed by atoms with Crippen LogP contribution < -0.4 is 5.73 Å². The number of hydrogen-bond acceptors (Lipinski definition) is 3. The molecular formula is C15H23NO2S. The Kier molecular flexibility index (Phi) is 5.88. The normalized spacial score (nSPS) is 13.3. The van der Waals surface area contributed by atoms with Crippen molar-refractivity contribution in [1.29, 1.82) is 0 Å². The second kappa shape index (κ2) is 6.96. The van der Waals surface area contributed by atoms with E-state index in [1.54, 1.807) is 11.8 Å². The Morgan fingerprint density at radius 2 is 1.84 bits per heavy atom. The third kappa shape index (κ3) is 3.98. The largest absolute Gasteiger partial charge is 0.480 e. The fourth-order valence-electron chi connectivity index (χ4n) is 2.12. The molecule has 1 unspecified atom stereocenters. The summed E-state index contributed by atoms with van der Waals surface area (Å²) in [6, 6.07) is 7.51. The average molecular weight is 281 g/mol. The zero-order chi connectivity index (χ0) is 14.5. The van der Waals surface area contributed by atoms with Crippen LogP contribution in [0.5, 0.6) is 0 Å². The molecule has 0 spiro atoms. The maximum Gasteiger partial charge on any atom is 0.321 e. The molecule has 3 nitrogen and oxygen atoms in total. The van der Waals surface area contributed by atoms with Crippen molar-refractivity contribution in [2.75, 3.05) is 0 Å². The third-order valence-electron chi connectivity index (χ3n) is 3.68. The molecule has 0 heterocycles. The second-order valence-electron chi connectivity index (χ2n) is 4.86. The lowest BCUT2D eigenvalue weighted by Crippen LogP contribution is -2.50. The highest BCUT2D eigenvalue weighted by Crippen LogP contribution is 2.37. The predicted molar refractivity (Wildman–Crippen MR) is 81.4 cm³/mol. The molecule has 1 aromatic rings. The van der Waals surface area contributed by atoms with Crippen molar-refractivity contribution in [3.05, 3.63) is 35.4 Å². The molecule has 1 atom stereocenters. The van der Waals surface area contributed by atoms with Crippen molar-refractivity contribution in [2.45, 2.75) is 50.2 Å². The van der Waals surface area contributed by atoms with E-state index in [2.05, 4.69) is 31.2 Å². The Hall–Kier alpha value is -1.00. The van der Waals surface area contributed by atoms with Crippen molar-refractivity contribution in [1.82, 2.24) is 0 Å². The van der Waals surface area contributed by atoms with E-state index in [9.17, 15) is 9.90 Å². The highest BCUT2D eigenvalue weighted by molar-refractivity contribution is 8.00. The Balaban J connectivity index is 2.79. The monoisotopic (exact) mass is 281 g/mol. The summed E-state index contributed by atoms with van der Waals surface area (Å²) in [6.45, 7) is 6.07. The van der Waals surface area contributed by atoms with E-state index in [-0.39, 0.29) is 0 Å². The number of carboxylic acids is 1. The summed E-state index contributed by atoms with van der Waals surface area (Å²) in [4.78, 5) is 11.2. The van der Waals surface area contributed by atoms with Gasteiger partial charge in [-0.15, -0.1) is 11.8 Å². The van der Waals surface area contributed by atoms with Gasteiger partial charge >= 0.3 is 5.97 Å². The first kappa shape index (κ1) is 16.1. The van der Waals surface area contributed by atoms with Crippen LogP contribution in [0.2, 0.25) is 0 Å². The Labute approximate surface area is 119 Å². The molecule has 0 saturated carbocycles. The van der Waals surface area contributed by atoms with E-state index in [1.807, 2.05) is 13.8 Å². The van der Waals surface area contributed by atoms with Gasteiger partial charge in [-0.2, -0.15) is 0 Å². The number of hydrogen-bond donors (Lipinski definition) is 2. The number of thioether (sulfide) groups is 1. The summed E-state index contributed by atoms with van der Waals surface area (Å²) < 4.78 is -0.392. The quantitative estimate of drug-likeness (QED) is 0.805. The molecule has 1 aromatic carbocycles. The van der Waals surface area contributed by atoms with Gasteiger partial charge in [-0.25, -0.2) is 0 Å². The minimum atomic E-state index is -0.917. The van der Waals surface area contributed by atoms with Gasteiger partial charge in [0, 0.05) is 10.5 Å². The zero-order valence-electron chi connectivity index (χ0n) is 11.8. The Morgan fingerprint density at radius 3 is 2.26 bits per heavy atom. The molecule has 3 N–H and O–H groups in total. The van der Waals surface area contributed by atoms with E-state index in [1.165, 1.54) is 11.1 Å². The fraction of sp³-hybridized carbons (Fsp3) is 0.533. The number of nitrogens with two attached hydrogens (primary N) is 1. The highest BCUT2D eigenvalue weighted by Gasteiger charge is 2.38. The molecule has 0 amide bonds. The minimum absolute atomic E-state index is 0.392. The van der Waals surface area contributed by atoms with Gasteiger partial charge in [-0.3, -0.25) is 4.79 Å². The fourth-order valence-corrected chi connectivity index (χ4v) is 3.46. The smallest absolute Gasteiger partial charge is 0.321 e. The maximum absolute atomic E-state index is 11.2. The first-order valence-corrected chi connectivity index (χ1v) is 7.61. The summed E-state index contributed by atoms with van der Waals surface area (Å²) in [5, 5.41) is 9.18. The van der Waals surface area contributed by atoms with Gasteiger partial charge in [0.1, 0.15) is 6.04 Å². The van der Waals surface area contributed by atoms with Gasteiger partial charge in [0.05, 0.1) is 0 Å². The van der Waals surface area contributed by atoms with Crippen LogP contribution in [0.1, 0.15) is 37.8 Å².